The van der Waals surface area contributed by atoms with E-state index in [9.17, 15) is 14.0 Å². The van der Waals surface area contributed by atoms with Crippen molar-refractivity contribution in [3.8, 4) is 5.75 Å². The molecule has 0 fully saturated rings. The highest BCUT2D eigenvalue weighted by Crippen LogP contribution is 2.39. The van der Waals surface area contributed by atoms with Crippen LogP contribution in [0.1, 0.15) is 48.0 Å². The molecule has 0 radical (unpaired) electrons. The molecule has 2 heterocycles. The van der Waals surface area contributed by atoms with Gasteiger partial charge in [-0.1, -0.05) is 12.1 Å². The number of amides is 1. The normalized spacial score (nSPS) is 15.7. The van der Waals surface area contributed by atoms with Crippen LogP contribution in [-0.4, -0.2) is 37.2 Å². The van der Waals surface area contributed by atoms with Crippen molar-refractivity contribution < 1.29 is 23.1 Å². The Morgan fingerprint density at radius 2 is 1.97 bits per heavy atom. The van der Waals surface area contributed by atoms with Gasteiger partial charge in [0.05, 0.1) is 30.2 Å². The fourth-order valence-electron chi connectivity index (χ4n) is 3.94. The van der Waals surface area contributed by atoms with Crippen molar-refractivity contribution >= 4 is 16.9 Å². The Morgan fingerprint density at radius 3 is 2.71 bits per heavy atom. The highest BCUT2D eigenvalue weighted by atomic mass is 19.1. The molecule has 1 aliphatic heterocycles. The third-order valence-electron chi connectivity index (χ3n) is 5.33. The summed E-state index contributed by atoms with van der Waals surface area (Å²) in [6.07, 6.45) is 0.685. The van der Waals surface area contributed by atoms with Gasteiger partial charge in [-0.2, -0.15) is 0 Å². The summed E-state index contributed by atoms with van der Waals surface area (Å²) in [6.45, 7) is 4.76. The quantitative estimate of drug-likeness (QED) is 0.528. The number of hydrogen-bond donors (Lipinski definition) is 0. The van der Waals surface area contributed by atoms with Crippen molar-refractivity contribution in [3.63, 3.8) is 0 Å². The average Bonchev–Trinajstić information content (AvgIpc) is 3.04. The summed E-state index contributed by atoms with van der Waals surface area (Å²) in [7, 11) is 1.55. The first-order valence-corrected chi connectivity index (χ1v) is 10.2. The van der Waals surface area contributed by atoms with Crippen LogP contribution in [0.15, 0.2) is 51.7 Å². The van der Waals surface area contributed by atoms with Gasteiger partial charge in [0.2, 0.25) is 5.76 Å². The van der Waals surface area contributed by atoms with Crippen LogP contribution in [0.25, 0.3) is 11.0 Å². The average molecular weight is 425 g/mol. The van der Waals surface area contributed by atoms with E-state index in [1.807, 2.05) is 19.9 Å². The largest absolute Gasteiger partial charge is 0.497 e. The molecule has 4 rings (SSSR count). The lowest BCUT2D eigenvalue weighted by atomic mass is 9.98. The van der Waals surface area contributed by atoms with E-state index in [1.165, 1.54) is 12.1 Å². The van der Waals surface area contributed by atoms with Crippen molar-refractivity contribution in [2.45, 2.75) is 32.4 Å². The fraction of sp³-hybridized carbons (Fsp3) is 0.333. The van der Waals surface area contributed by atoms with Crippen LogP contribution in [0.3, 0.4) is 0 Å². The molecule has 0 saturated carbocycles. The molecule has 162 valence electrons. The summed E-state index contributed by atoms with van der Waals surface area (Å²) in [6, 6.07) is 10.3. The maximum absolute atomic E-state index is 13.8. The van der Waals surface area contributed by atoms with Crippen LogP contribution < -0.4 is 10.2 Å². The molecule has 31 heavy (non-hydrogen) atoms. The molecule has 6 nitrogen and oxygen atoms in total. The zero-order chi connectivity index (χ0) is 22.1. The van der Waals surface area contributed by atoms with Crippen molar-refractivity contribution in [2.75, 3.05) is 20.3 Å². The minimum Gasteiger partial charge on any atom is -0.497 e. The second-order valence-electron chi connectivity index (χ2n) is 7.77. The van der Waals surface area contributed by atoms with Crippen LogP contribution >= 0.6 is 0 Å². The predicted molar refractivity (Wildman–Crippen MR) is 114 cm³/mol. The van der Waals surface area contributed by atoms with Crippen LogP contribution in [0.4, 0.5) is 4.39 Å². The Kier molecular flexibility index (Phi) is 5.78. The number of nitrogens with zero attached hydrogens (tertiary/aromatic N) is 1. The molecule has 0 spiro atoms. The molecular formula is C24H24FNO5. The molecule has 0 aliphatic carbocycles. The molecule has 1 aromatic heterocycles. The van der Waals surface area contributed by atoms with E-state index >= 15 is 0 Å². The molecule has 1 amide bonds. The van der Waals surface area contributed by atoms with Gasteiger partial charge < -0.3 is 18.8 Å². The highest BCUT2D eigenvalue weighted by Gasteiger charge is 2.42. The minimum absolute atomic E-state index is 0.00158. The van der Waals surface area contributed by atoms with Crippen molar-refractivity contribution in [2.24, 2.45) is 0 Å². The lowest BCUT2D eigenvalue weighted by Crippen LogP contribution is -2.31. The molecule has 7 heteroatoms. The number of carbonyl (C=O) groups excluding carboxylic acids is 1. The molecule has 1 aliphatic rings. The lowest BCUT2D eigenvalue weighted by molar-refractivity contribution is 0.0593. The molecule has 0 bridgehead atoms. The van der Waals surface area contributed by atoms with E-state index in [2.05, 4.69) is 0 Å². The van der Waals surface area contributed by atoms with Gasteiger partial charge in [0, 0.05) is 13.2 Å². The summed E-state index contributed by atoms with van der Waals surface area (Å²) < 4.78 is 30.6. The van der Waals surface area contributed by atoms with Gasteiger partial charge in [-0.3, -0.25) is 9.59 Å². The Morgan fingerprint density at radius 1 is 1.16 bits per heavy atom. The third-order valence-corrected chi connectivity index (χ3v) is 5.33. The smallest absolute Gasteiger partial charge is 0.290 e. The zero-order valence-electron chi connectivity index (χ0n) is 17.7. The third kappa shape index (κ3) is 3.93. The van der Waals surface area contributed by atoms with Gasteiger partial charge in [0.1, 0.15) is 17.1 Å². The van der Waals surface area contributed by atoms with Gasteiger partial charge in [-0.05, 0) is 56.2 Å². The second kappa shape index (κ2) is 8.51. The summed E-state index contributed by atoms with van der Waals surface area (Å²) in [5.74, 6) is -0.292. The Bertz CT molecular complexity index is 1190. The summed E-state index contributed by atoms with van der Waals surface area (Å²) in [4.78, 5) is 28.2. The highest BCUT2D eigenvalue weighted by molar-refractivity contribution is 5.99. The van der Waals surface area contributed by atoms with Gasteiger partial charge in [0.25, 0.3) is 5.91 Å². The number of ether oxygens (including phenoxy) is 2. The summed E-state index contributed by atoms with van der Waals surface area (Å²) in [5.41, 5.74) is 0.728. The molecular weight excluding hydrogens is 401 g/mol. The molecule has 3 aromatic rings. The first kappa shape index (κ1) is 21.1. The molecule has 0 N–H and O–H groups in total. The number of carbonyl (C=O) groups is 1. The van der Waals surface area contributed by atoms with Crippen molar-refractivity contribution in [1.82, 2.24) is 4.90 Å². The molecule has 1 unspecified atom stereocenters. The second-order valence-corrected chi connectivity index (χ2v) is 7.77. The van der Waals surface area contributed by atoms with Gasteiger partial charge in [-0.25, -0.2) is 4.39 Å². The van der Waals surface area contributed by atoms with E-state index in [1.54, 1.807) is 30.2 Å². The van der Waals surface area contributed by atoms with Crippen molar-refractivity contribution in [3.05, 3.63) is 75.4 Å². The maximum Gasteiger partial charge on any atom is 0.290 e. The standard InChI is InChI=1S/C24H24FNO5/c1-14(2)30-11-5-10-26-21(15-6-4-7-17(12-15)29-3)20-22(27)18-13-16(25)8-9-19(18)31-23(20)24(26)28/h4,6-9,12-14,21H,5,10-11H2,1-3H3. The number of halogens is 1. The van der Waals surface area contributed by atoms with Crippen LogP contribution in [0, 0.1) is 5.82 Å². The summed E-state index contributed by atoms with van der Waals surface area (Å²) >= 11 is 0. The number of rotatable bonds is 7. The number of methoxy groups -OCH3 is 1. The topological polar surface area (TPSA) is 69.0 Å². The van der Waals surface area contributed by atoms with E-state index in [0.717, 1.165) is 11.6 Å². The van der Waals surface area contributed by atoms with E-state index in [-0.39, 0.29) is 34.3 Å². The Balaban J connectivity index is 1.83. The van der Waals surface area contributed by atoms with E-state index in [4.69, 9.17) is 13.9 Å². The van der Waals surface area contributed by atoms with Crippen LogP contribution in [-0.2, 0) is 4.74 Å². The Labute approximate surface area is 179 Å². The Hall–Kier alpha value is -3.19. The fourth-order valence-corrected chi connectivity index (χ4v) is 3.94. The number of benzene rings is 2. The molecule has 1 atom stereocenters. The first-order valence-electron chi connectivity index (χ1n) is 10.2. The molecule has 2 aromatic carbocycles. The maximum atomic E-state index is 13.8. The van der Waals surface area contributed by atoms with E-state index < -0.39 is 17.3 Å². The monoisotopic (exact) mass is 425 g/mol. The zero-order valence-corrected chi connectivity index (χ0v) is 17.7. The van der Waals surface area contributed by atoms with E-state index in [0.29, 0.717) is 25.3 Å². The van der Waals surface area contributed by atoms with Gasteiger partial charge >= 0.3 is 0 Å². The number of fused-ring (bicyclic) bond motifs is 2. The SMILES string of the molecule is COc1cccc(C2c3c(oc4ccc(F)cc4c3=O)C(=O)N2CCCOC(C)C)c1. The van der Waals surface area contributed by atoms with Gasteiger partial charge in [0.15, 0.2) is 5.43 Å². The summed E-state index contributed by atoms with van der Waals surface area (Å²) in [5, 5.41) is 0.115. The van der Waals surface area contributed by atoms with Gasteiger partial charge in [-0.15, -0.1) is 0 Å². The van der Waals surface area contributed by atoms with Crippen molar-refractivity contribution in [1.29, 1.82) is 0 Å². The van der Waals surface area contributed by atoms with Crippen LogP contribution in [0.5, 0.6) is 5.75 Å². The first-order chi connectivity index (χ1) is 14.9. The minimum atomic E-state index is -0.652. The molecule has 0 saturated heterocycles. The predicted octanol–water partition coefficient (Wildman–Crippen LogP) is 4.30. The lowest BCUT2D eigenvalue weighted by Gasteiger charge is -2.25. The number of hydrogen-bond acceptors (Lipinski definition) is 5. The van der Waals surface area contributed by atoms with Crippen LogP contribution in [0.2, 0.25) is 0 Å².